The Labute approximate surface area is 143 Å². The average Bonchev–Trinajstić information content (AvgIpc) is 2.52. The third kappa shape index (κ3) is 5.92. The summed E-state index contributed by atoms with van der Waals surface area (Å²) in [5.74, 6) is 0.422. The maximum atomic E-state index is 11.8. The van der Waals surface area contributed by atoms with Crippen molar-refractivity contribution in [1.29, 1.82) is 0 Å². The molecule has 2 aromatic carbocycles. The molecule has 2 rings (SSSR count). The number of carbonyl (C=O) groups is 1. The number of aryl methyl sites for hydroxylation is 1. The molecule has 0 aliphatic heterocycles. The summed E-state index contributed by atoms with van der Waals surface area (Å²) in [6.07, 6.45) is 3.22. The van der Waals surface area contributed by atoms with Crippen LogP contribution in [0.1, 0.15) is 37.5 Å². The molecule has 126 valence electrons. The van der Waals surface area contributed by atoms with Crippen LogP contribution in [0.2, 0.25) is 0 Å². The van der Waals surface area contributed by atoms with Crippen molar-refractivity contribution >= 4 is 12.0 Å². The number of carbonyl (C=O) groups excluding carboxylic acids is 1. The van der Waals surface area contributed by atoms with E-state index in [1.807, 2.05) is 76.2 Å². The van der Waals surface area contributed by atoms with E-state index in [-0.39, 0.29) is 5.97 Å². The molecule has 0 saturated heterocycles. The van der Waals surface area contributed by atoms with Crippen LogP contribution in [0.4, 0.5) is 0 Å². The van der Waals surface area contributed by atoms with E-state index in [1.165, 1.54) is 6.08 Å². The molecule has 0 radical (unpaired) electrons. The lowest BCUT2D eigenvalue weighted by atomic mass is 10.1. The Morgan fingerprint density at radius 3 is 2.46 bits per heavy atom. The SMILES string of the molecule is Cc1ccc(OCc2ccccc2)cc1/C=C/C(=O)OC(C)(C)C. The van der Waals surface area contributed by atoms with Crippen molar-refractivity contribution in [3.05, 3.63) is 71.3 Å². The standard InChI is InChI=1S/C21H24O3/c1-16-10-12-19(23-15-17-8-6-5-7-9-17)14-18(16)11-13-20(22)24-21(2,3)4/h5-14H,15H2,1-4H3/b13-11+. The molecule has 0 fully saturated rings. The van der Waals surface area contributed by atoms with Gasteiger partial charge in [0, 0.05) is 6.08 Å². The molecule has 0 atom stereocenters. The van der Waals surface area contributed by atoms with E-state index in [0.29, 0.717) is 6.61 Å². The third-order valence-corrected chi connectivity index (χ3v) is 3.30. The van der Waals surface area contributed by atoms with Crippen molar-refractivity contribution in [2.24, 2.45) is 0 Å². The summed E-state index contributed by atoms with van der Waals surface area (Å²) >= 11 is 0. The fourth-order valence-electron chi connectivity index (χ4n) is 2.12. The van der Waals surface area contributed by atoms with Crippen molar-refractivity contribution < 1.29 is 14.3 Å². The normalized spacial score (nSPS) is 11.5. The highest BCUT2D eigenvalue weighted by Gasteiger charge is 2.13. The van der Waals surface area contributed by atoms with E-state index < -0.39 is 5.60 Å². The number of benzene rings is 2. The molecule has 0 aliphatic carbocycles. The predicted octanol–water partition coefficient (Wildman–Crippen LogP) is 4.93. The van der Waals surface area contributed by atoms with Crippen molar-refractivity contribution in [3.8, 4) is 5.75 Å². The van der Waals surface area contributed by atoms with E-state index in [9.17, 15) is 4.79 Å². The number of esters is 1. The lowest BCUT2D eigenvalue weighted by molar-refractivity contribution is -0.148. The van der Waals surface area contributed by atoms with Crippen LogP contribution >= 0.6 is 0 Å². The molecule has 24 heavy (non-hydrogen) atoms. The van der Waals surface area contributed by atoms with Crippen LogP contribution in [-0.2, 0) is 16.1 Å². The Balaban J connectivity index is 2.04. The molecule has 0 bridgehead atoms. The molecule has 0 unspecified atom stereocenters. The number of hydrogen-bond donors (Lipinski definition) is 0. The Kier molecular flexibility index (Phi) is 5.80. The van der Waals surface area contributed by atoms with Gasteiger partial charge in [-0.2, -0.15) is 0 Å². The van der Waals surface area contributed by atoms with Crippen molar-refractivity contribution in [2.75, 3.05) is 0 Å². The first-order valence-electron chi connectivity index (χ1n) is 8.02. The van der Waals surface area contributed by atoms with Gasteiger partial charge in [-0.3, -0.25) is 0 Å². The van der Waals surface area contributed by atoms with Crippen molar-refractivity contribution in [3.63, 3.8) is 0 Å². The highest BCUT2D eigenvalue weighted by molar-refractivity contribution is 5.87. The molecule has 0 amide bonds. The molecule has 2 aromatic rings. The predicted molar refractivity (Wildman–Crippen MR) is 96.8 cm³/mol. The third-order valence-electron chi connectivity index (χ3n) is 3.30. The monoisotopic (exact) mass is 324 g/mol. The fourth-order valence-corrected chi connectivity index (χ4v) is 2.12. The summed E-state index contributed by atoms with van der Waals surface area (Å²) in [5.41, 5.74) is 2.63. The fraction of sp³-hybridized carbons (Fsp3) is 0.286. The molecule has 0 spiro atoms. The van der Waals surface area contributed by atoms with Crippen LogP contribution in [0.15, 0.2) is 54.6 Å². The maximum absolute atomic E-state index is 11.8. The second kappa shape index (κ2) is 7.82. The minimum atomic E-state index is -0.489. The minimum absolute atomic E-state index is 0.350. The average molecular weight is 324 g/mol. The summed E-state index contributed by atoms with van der Waals surface area (Å²) in [4.78, 5) is 11.8. The molecule has 3 nitrogen and oxygen atoms in total. The Morgan fingerprint density at radius 1 is 1.08 bits per heavy atom. The lowest BCUT2D eigenvalue weighted by Crippen LogP contribution is -2.22. The Morgan fingerprint density at radius 2 is 1.79 bits per heavy atom. The van der Waals surface area contributed by atoms with Gasteiger partial charge >= 0.3 is 5.97 Å². The van der Waals surface area contributed by atoms with E-state index in [2.05, 4.69) is 0 Å². The highest BCUT2D eigenvalue weighted by Crippen LogP contribution is 2.20. The highest BCUT2D eigenvalue weighted by atomic mass is 16.6. The number of ether oxygens (including phenoxy) is 2. The van der Waals surface area contributed by atoms with Crippen LogP contribution in [0.25, 0.3) is 6.08 Å². The number of hydrogen-bond acceptors (Lipinski definition) is 3. The first-order chi connectivity index (χ1) is 11.3. The van der Waals surface area contributed by atoms with Gasteiger partial charge in [0.25, 0.3) is 0 Å². The Bertz CT molecular complexity index is 710. The molecule has 3 heteroatoms. The van der Waals surface area contributed by atoms with E-state index in [4.69, 9.17) is 9.47 Å². The van der Waals surface area contributed by atoms with E-state index in [1.54, 1.807) is 6.08 Å². The van der Waals surface area contributed by atoms with Crippen LogP contribution in [0.3, 0.4) is 0 Å². The minimum Gasteiger partial charge on any atom is -0.489 e. The second-order valence-corrected chi connectivity index (χ2v) is 6.66. The van der Waals surface area contributed by atoms with Gasteiger partial charge in [-0.25, -0.2) is 4.79 Å². The van der Waals surface area contributed by atoms with Crippen LogP contribution in [0.5, 0.6) is 5.75 Å². The molecular weight excluding hydrogens is 300 g/mol. The zero-order valence-corrected chi connectivity index (χ0v) is 14.7. The number of rotatable bonds is 5. The first-order valence-corrected chi connectivity index (χ1v) is 8.02. The van der Waals surface area contributed by atoms with E-state index in [0.717, 1.165) is 22.4 Å². The quantitative estimate of drug-likeness (QED) is 0.578. The molecule has 0 heterocycles. The molecular formula is C21H24O3. The van der Waals surface area contributed by atoms with Crippen LogP contribution in [0, 0.1) is 6.92 Å². The Hall–Kier alpha value is -2.55. The first kappa shape index (κ1) is 17.8. The molecule has 0 aliphatic rings. The van der Waals surface area contributed by atoms with Gasteiger partial charge in [-0.05, 0) is 62.6 Å². The maximum Gasteiger partial charge on any atom is 0.331 e. The summed E-state index contributed by atoms with van der Waals surface area (Å²) in [6.45, 7) is 8.06. The van der Waals surface area contributed by atoms with Crippen molar-refractivity contribution in [1.82, 2.24) is 0 Å². The largest absolute Gasteiger partial charge is 0.489 e. The van der Waals surface area contributed by atoms with Crippen LogP contribution in [-0.4, -0.2) is 11.6 Å². The van der Waals surface area contributed by atoms with Gasteiger partial charge in [-0.15, -0.1) is 0 Å². The summed E-state index contributed by atoms with van der Waals surface area (Å²) in [6, 6.07) is 15.9. The van der Waals surface area contributed by atoms with Crippen molar-refractivity contribution in [2.45, 2.75) is 39.9 Å². The van der Waals surface area contributed by atoms with Gasteiger partial charge in [0.2, 0.25) is 0 Å². The zero-order chi connectivity index (χ0) is 17.6. The van der Waals surface area contributed by atoms with Gasteiger partial charge in [0.1, 0.15) is 18.0 Å². The topological polar surface area (TPSA) is 35.5 Å². The lowest BCUT2D eigenvalue weighted by Gasteiger charge is -2.18. The summed E-state index contributed by atoms with van der Waals surface area (Å²) < 4.78 is 11.1. The molecule has 0 saturated carbocycles. The molecule has 0 N–H and O–H groups in total. The van der Waals surface area contributed by atoms with Crippen LogP contribution < -0.4 is 4.74 Å². The van der Waals surface area contributed by atoms with Gasteiger partial charge in [0.05, 0.1) is 0 Å². The van der Waals surface area contributed by atoms with E-state index >= 15 is 0 Å². The van der Waals surface area contributed by atoms with Gasteiger partial charge in [-0.1, -0.05) is 36.4 Å². The summed E-state index contributed by atoms with van der Waals surface area (Å²) in [7, 11) is 0. The van der Waals surface area contributed by atoms with Gasteiger partial charge in [0.15, 0.2) is 0 Å². The smallest absolute Gasteiger partial charge is 0.331 e. The van der Waals surface area contributed by atoms with Gasteiger partial charge < -0.3 is 9.47 Å². The zero-order valence-electron chi connectivity index (χ0n) is 14.7. The second-order valence-electron chi connectivity index (χ2n) is 6.66. The summed E-state index contributed by atoms with van der Waals surface area (Å²) in [5, 5.41) is 0. The molecule has 0 aromatic heterocycles.